The van der Waals surface area contributed by atoms with Crippen LogP contribution in [-0.4, -0.2) is 5.78 Å². The molecule has 94 valence electrons. The number of carbonyl (C=O) groups is 1. The Morgan fingerprint density at radius 3 is 2.42 bits per heavy atom. The van der Waals surface area contributed by atoms with Gasteiger partial charge in [0.25, 0.3) is 0 Å². The molecule has 0 aromatic heterocycles. The summed E-state index contributed by atoms with van der Waals surface area (Å²) in [4.78, 5) is 12.3. The summed E-state index contributed by atoms with van der Waals surface area (Å²) < 4.78 is 0. The lowest BCUT2D eigenvalue weighted by molar-refractivity contribution is 0.103. The number of hydrogen-bond donors (Lipinski definition) is 0. The average Bonchev–Trinajstić information content (AvgIpc) is 2.43. The van der Waals surface area contributed by atoms with Crippen LogP contribution in [0.25, 0.3) is 10.8 Å². The van der Waals surface area contributed by atoms with E-state index in [9.17, 15) is 4.79 Å². The number of hydrogen-bond acceptors (Lipinski definition) is 1. The van der Waals surface area contributed by atoms with Crippen molar-refractivity contribution in [2.75, 3.05) is 0 Å². The van der Waals surface area contributed by atoms with Gasteiger partial charge in [0.05, 0.1) is 0 Å². The van der Waals surface area contributed by atoms with E-state index in [1.807, 2.05) is 30.3 Å². The molecule has 0 radical (unpaired) electrons. The van der Waals surface area contributed by atoms with Crippen LogP contribution >= 0.6 is 0 Å². The molecule has 0 bridgehead atoms. The molecule has 1 heteroatoms. The molecule has 0 fully saturated rings. The van der Waals surface area contributed by atoms with E-state index in [1.165, 1.54) is 5.56 Å². The lowest BCUT2D eigenvalue weighted by atomic mass is 9.99. The Morgan fingerprint density at radius 1 is 1.05 bits per heavy atom. The summed E-state index contributed by atoms with van der Waals surface area (Å²) in [5.74, 6) is -0.0302. The maximum absolute atomic E-state index is 12.3. The van der Waals surface area contributed by atoms with Crippen molar-refractivity contribution in [3.8, 4) is 0 Å². The summed E-state index contributed by atoms with van der Waals surface area (Å²) in [6, 6.07) is 11.9. The number of rotatable bonds is 4. The Balaban J connectivity index is 2.49. The Bertz CT molecular complexity index is 690. The molecule has 0 unspecified atom stereocenters. The van der Waals surface area contributed by atoms with Gasteiger partial charge in [-0.1, -0.05) is 67.3 Å². The highest BCUT2D eigenvalue weighted by molar-refractivity contribution is 6.12. The van der Waals surface area contributed by atoms with Gasteiger partial charge in [0.2, 0.25) is 0 Å². The second kappa shape index (κ2) is 5.49. The zero-order valence-corrected chi connectivity index (χ0v) is 11.0. The smallest absolute Gasteiger partial charge is 0.193 e. The Hall–Kier alpha value is -2.41. The highest BCUT2D eigenvalue weighted by atomic mass is 16.1. The van der Waals surface area contributed by atoms with Crippen LogP contribution in [0.15, 0.2) is 73.4 Å². The fraction of sp³-hybridized carbons (Fsp3) is 0.0556. The fourth-order valence-electron chi connectivity index (χ4n) is 2.04. The van der Waals surface area contributed by atoms with Crippen molar-refractivity contribution < 1.29 is 4.79 Å². The van der Waals surface area contributed by atoms with Crippen molar-refractivity contribution in [3.05, 3.63) is 84.5 Å². The third kappa shape index (κ3) is 2.71. The van der Waals surface area contributed by atoms with E-state index in [0.717, 1.165) is 10.8 Å². The lowest BCUT2D eigenvalue weighted by Crippen LogP contribution is -2.01. The number of benzene rings is 2. The standard InChI is InChI=1S/C18H16O/c1-4-6-14(5-2)18(19)17-10-9-15-11-13(3)7-8-16(15)12-17/h4-12H,1-2H2,3H3/b14-6+. The maximum Gasteiger partial charge on any atom is 0.193 e. The molecule has 2 aromatic carbocycles. The number of Topliss-reactive ketones (excluding diaryl/α,β-unsaturated/α-hetero) is 1. The summed E-state index contributed by atoms with van der Waals surface area (Å²) in [7, 11) is 0. The summed E-state index contributed by atoms with van der Waals surface area (Å²) in [6.45, 7) is 9.33. The second-order valence-electron chi connectivity index (χ2n) is 4.46. The molecule has 0 spiro atoms. The molecule has 19 heavy (non-hydrogen) atoms. The second-order valence-corrected chi connectivity index (χ2v) is 4.46. The minimum atomic E-state index is -0.0302. The maximum atomic E-state index is 12.3. The zero-order chi connectivity index (χ0) is 13.8. The normalized spacial score (nSPS) is 11.3. The molecule has 0 N–H and O–H groups in total. The quantitative estimate of drug-likeness (QED) is 0.438. The summed E-state index contributed by atoms with van der Waals surface area (Å²) >= 11 is 0. The molecule has 0 aliphatic carbocycles. The minimum absolute atomic E-state index is 0.0302. The molecular weight excluding hydrogens is 232 g/mol. The van der Waals surface area contributed by atoms with Crippen LogP contribution in [-0.2, 0) is 0 Å². The van der Waals surface area contributed by atoms with Gasteiger partial charge >= 0.3 is 0 Å². The first-order valence-corrected chi connectivity index (χ1v) is 6.16. The highest BCUT2D eigenvalue weighted by Gasteiger charge is 2.09. The Kier molecular flexibility index (Phi) is 3.76. The largest absolute Gasteiger partial charge is 0.289 e. The van der Waals surface area contributed by atoms with E-state index in [2.05, 4.69) is 26.1 Å². The van der Waals surface area contributed by atoms with E-state index < -0.39 is 0 Å². The minimum Gasteiger partial charge on any atom is -0.289 e. The monoisotopic (exact) mass is 248 g/mol. The van der Waals surface area contributed by atoms with Gasteiger partial charge < -0.3 is 0 Å². The van der Waals surface area contributed by atoms with Gasteiger partial charge in [0, 0.05) is 11.1 Å². The van der Waals surface area contributed by atoms with Crippen molar-refractivity contribution in [2.45, 2.75) is 6.92 Å². The van der Waals surface area contributed by atoms with Crippen molar-refractivity contribution in [1.29, 1.82) is 0 Å². The number of aryl methyl sites for hydroxylation is 1. The average molecular weight is 248 g/mol. The summed E-state index contributed by atoms with van der Waals surface area (Å²) in [6.07, 6.45) is 4.83. The van der Waals surface area contributed by atoms with Gasteiger partial charge in [-0.15, -0.1) is 0 Å². The molecule has 2 rings (SSSR count). The van der Waals surface area contributed by atoms with Crippen LogP contribution in [0.4, 0.5) is 0 Å². The Labute approximate surface area is 113 Å². The van der Waals surface area contributed by atoms with Gasteiger partial charge in [-0.05, 0) is 23.8 Å². The predicted octanol–water partition coefficient (Wildman–Crippen LogP) is 4.63. The molecule has 0 atom stereocenters. The number of fused-ring (bicyclic) bond motifs is 1. The Morgan fingerprint density at radius 2 is 1.74 bits per heavy atom. The van der Waals surface area contributed by atoms with E-state index in [1.54, 1.807) is 18.2 Å². The number of ketones is 1. The molecule has 0 aliphatic heterocycles. The van der Waals surface area contributed by atoms with Gasteiger partial charge in [0.1, 0.15) is 0 Å². The van der Waals surface area contributed by atoms with Crippen LogP contribution in [0.3, 0.4) is 0 Å². The first-order valence-electron chi connectivity index (χ1n) is 6.16. The first-order chi connectivity index (χ1) is 9.15. The van der Waals surface area contributed by atoms with Gasteiger partial charge in [-0.2, -0.15) is 0 Å². The number of allylic oxidation sites excluding steroid dienone is 4. The number of carbonyl (C=O) groups excluding carboxylic acids is 1. The van der Waals surface area contributed by atoms with Crippen molar-refractivity contribution in [2.24, 2.45) is 0 Å². The lowest BCUT2D eigenvalue weighted by Gasteiger charge is -2.04. The van der Waals surface area contributed by atoms with E-state index in [0.29, 0.717) is 11.1 Å². The van der Waals surface area contributed by atoms with E-state index in [-0.39, 0.29) is 5.78 Å². The molecule has 0 heterocycles. The van der Waals surface area contributed by atoms with Crippen LogP contribution in [0, 0.1) is 6.92 Å². The molecular formula is C18H16O. The van der Waals surface area contributed by atoms with Crippen molar-refractivity contribution in [3.63, 3.8) is 0 Å². The SMILES string of the molecule is C=C/C=C(\C=C)C(=O)c1ccc2cc(C)ccc2c1. The van der Waals surface area contributed by atoms with Gasteiger partial charge in [-0.25, -0.2) is 0 Å². The zero-order valence-electron chi connectivity index (χ0n) is 11.0. The van der Waals surface area contributed by atoms with Crippen LogP contribution < -0.4 is 0 Å². The molecule has 0 saturated carbocycles. The van der Waals surface area contributed by atoms with Crippen molar-refractivity contribution in [1.82, 2.24) is 0 Å². The first kappa shape index (κ1) is 13.0. The molecule has 1 nitrogen and oxygen atoms in total. The molecule has 2 aromatic rings. The summed E-state index contributed by atoms with van der Waals surface area (Å²) in [5, 5.41) is 2.21. The predicted molar refractivity (Wildman–Crippen MR) is 81.5 cm³/mol. The molecule has 0 amide bonds. The van der Waals surface area contributed by atoms with Crippen LogP contribution in [0.2, 0.25) is 0 Å². The van der Waals surface area contributed by atoms with Crippen LogP contribution in [0.5, 0.6) is 0 Å². The van der Waals surface area contributed by atoms with Crippen molar-refractivity contribution >= 4 is 16.6 Å². The molecule has 0 aliphatic rings. The summed E-state index contributed by atoms with van der Waals surface area (Å²) in [5.41, 5.74) is 2.44. The van der Waals surface area contributed by atoms with Crippen LogP contribution in [0.1, 0.15) is 15.9 Å². The van der Waals surface area contributed by atoms with E-state index in [4.69, 9.17) is 0 Å². The fourth-order valence-corrected chi connectivity index (χ4v) is 2.04. The molecule has 0 saturated heterocycles. The third-order valence-electron chi connectivity index (χ3n) is 3.04. The third-order valence-corrected chi connectivity index (χ3v) is 3.04. The topological polar surface area (TPSA) is 17.1 Å². The van der Waals surface area contributed by atoms with Gasteiger partial charge in [0.15, 0.2) is 5.78 Å². The highest BCUT2D eigenvalue weighted by Crippen LogP contribution is 2.19. The van der Waals surface area contributed by atoms with Gasteiger partial charge in [-0.3, -0.25) is 4.79 Å². The van der Waals surface area contributed by atoms with E-state index >= 15 is 0 Å².